The zero-order chi connectivity index (χ0) is 68.6. The van der Waals surface area contributed by atoms with Crippen molar-refractivity contribution in [3.63, 3.8) is 0 Å². The van der Waals surface area contributed by atoms with Crippen molar-refractivity contribution >= 4 is 74.6 Å². The summed E-state index contributed by atoms with van der Waals surface area (Å²) in [6.07, 6.45) is -4.48. The lowest BCUT2D eigenvalue weighted by Crippen LogP contribution is -2.49. The van der Waals surface area contributed by atoms with E-state index in [2.05, 4.69) is 73.4 Å². The van der Waals surface area contributed by atoms with Gasteiger partial charge in [-0.25, -0.2) is 53.6 Å². The molecule has 2 amide bonds. The highest BCUT2D eigenvalue weighted by molar-refractivity contribution is 7.48. The summed E-state index contributed by atoms with van der Waals surface area (Å²) in [4.78, 5) is 79.5. The van der Waals surface area contributed by atoms with Crippen molar-refractivity contribution in [3.05, 3.63) is 190 Å². The molecule has 2 aliphatic heterocycles. The van der Waals surface area contributed by atoms with Crippen molar-refractivity contribution in [3.8, 4) is 5.75 Å². The lowest BCUT2D eigenvalue weighted by atomic mass is 9.80. The molecule has 0 aliphatic carbocycles. The van der Waals surface area contributed by atoms with Gasteiger partial charge in [-0.15, -0.1) is 6.58 Å². The Morgan fingerprint density at radius 1 is 0.573 bits per heavy atom. The average Bonchev–Trinajstić information content (AvgIpc) is 1.14. The van der Waals surface area contributed by atoms with Gasteiger partial charge in [0.15, 0.2) is 66.9 Å². The van der Waals surface area contributed by atoms with Crippen LogP contribution < -0.4 is 15.4 Å². The number of benzene rings is 3. The van der Waals surface area contributed by atoms with E-state index < -0.39 is 114 Å². The number of methoxy groups -OCH3 is 1. The first-order valence-electron chi connectivity index (χ1n) is 30.1. The van der Waals surface area contributed by atoms with Crippen LogP contribution in [0.4, 0.5) is 30.8 Å². The fourth-order valence-electron chi connectivity index (χ4n) is 10.2. The smallest absolute Gasteiger partial charge is 0.497 e. The van der Waals surface area contributed by atoms with E-state index in [9.17, 15) is 19.2 Å². The van der Waals surface area contributed by atoms with Crippen LogP contribution in [0, 0.1) is 0 Å². The third-order valence-electron chi connectivity index (χ3n) is 15.6. The van der Waals surface area contributed by atoms with Gasteiger partial charge in [0.05, 0.1) is 39.6 Å². The number of ether oxygens (including phenoxy) is 10. The molecule has 0 spiro atoms. The van der Waals surface area contributed by atoms with E-state index in [4.69, 9.17) is 65.4 Å². The molecule has 96 heavy (non-hydrogen) atoms. The molecule has 9 rings (SSSR count). The first-order valence-corrected chi connectivity index (χ1v) is 34.5. The molecule has 2 aliphatic rings. The number of hydrogen-bond donors (Lipinski definition) is 2. The largest absolute Gasteiger partial charge is 0.509 e. The van der Waals surface area contributed by atoms with Gasteiger partial charge in [-0.05, 0) is 47.0 Å². The minimum absolute atomic E-state index is 0.00208. The number of rotatable bonds is 31. The molecule has 2 saturated heterocycles. The normalized spacial score (nSPS) is 20.1. The number of fused-ring (bicyclic) bond motifs is 2. The number of phosphoric ester groups is 1. The fraction of sp³-hybridized carbons (Fsp3) is 0.354. The van der Waals surface area contributed by atoms with Gasteiger partial charge in [-0.1, -0.05) is 150 Å². The Morgan fingerprint density at radius 2 is 1.03 bits per heavy atom. The second kappa shape index (κ2) is 31.8. The van der Waals surface area contributed by atoms with Crippen LogP contribution in [0.15, 0.2) is 174 Å². The van der Waals surface area contributed by atoms with Crippen molar-refractivity contribution in [2.75, 3.05) is 64.0 Å². The monoisotopic (exact) mass is 1360 g/mol. The van der Waals surface area contributed by atoms with Gasteiger partial charge in [0.1, 0.15) is 74.8 Å². The van der Waals surface area contributed by atoms with Crippen LogP contribution in [-0.4, -0.2) is 162 Å². The number of hydrogen-bond acceptors (Lipinski definition) is 25. The molecule has 0 radical (unpaired) electrons. The molecule has 0 bridgehead atoms. The van der Waals surface area contributed by atoms with Gasteiger partial charge in [0.2, 0.25) is 0 Å². The second-order valence-electron chi connectivity index (χ2n) is 22.8. The summed E-state index contributed by atoms with van der Waals surface area (Å²) in [5.74, 6) is 0.495. The number of anilines is 2. The van der Waals surface area contributed by atoms with Crippen LogP contribution in [0.2, 0.25) is 18.1 Å². The van der Waals surface area contributed by atoms with E-state index in [0.29, 0.717) is 22.4 Å². The molecule has 4 aromatic heterocycles. The van der Waals surface area contributed by atoms with E-state index in [1.165, 1.54) is 53.9 Å². The maximum Gasteiger partial charge on any atom is 0.509 e. The predicted molar refractivity (Wildman–Crippen MR) is 350 cm³/mol. The van der Waals surface area contributed by atoms with Gasteiger partial charge in [-0.2, -0.15) is 0 Å². The lowest BCUT2D eigenvalue weighted by molar-refractivity contribution is -0.0954. The molecule has 6 heterocycles. The highest BCUT2D eigenvalue weighted by Crippen LogP contribution is 2.56. The Morgan fingerprint density at radius 3 is 1.51 bits per heavy atom. The first kappa shape index (κ1) is 70.8. The molecular formula is C65H75N10O19PSi. The van der Waals surface area contributed by atoms with Gasteiger partial charge < -0.3 is 51.8 Å². The Balaban J connectivity index is 1.17. The number of phosphoric acid groups is 1. The number of carbonyl (C=O) groups is 4. The van der Waals surface area contributed by atoms with Crippen molar-refractivity contribution < 1.29 is 89.1 Å². The molecule has 31 heteroatoms. The number of nitrogens with one attached hydrogen (secondary N) is 2. The summed E-state index contributed by atoms with van der Waals surface area (Å²) in [6.45, 7) is 25.8. The third-order valence-corrected chi connectivity index (χ3v) is 21.5. The third kappa shape index (κ3) is 16.2. The number of aromatic nitrogens is 8. The van der Waals surface area contributed by atoms with Crippen LogP contribution >= 0.6 is 7.82 Å². The number of imidazole rings is 2. The second-order valence-corrected chi connectivity index (χ2v) is 29.2. The maximum atomic E-state index is 16.3. The molecular weight excluding hydrogens is 1280 g/mol. The molecule has 3 aromatic carbocycles. The summed E-state index contributed by atoms with van der Waals surface area (Å²) in [5, 5.41) is 4.62. The Bertz CT molecular complexity index is 3890. The quantitative estimate of drug-likeness (QED) is 0.0102. The van der Waals surface area contributed by atoms with Crippen LogP contribution in [-0.2, 0) is 70.8 Å². The average molecular weight is 1360 g/mol. The number of amides is 2. The molecule has 2 fully saturated rings. The Labute approximate surface area is 554 Å². The molecule has 7 aromatic rings. The van der Waals surface area contributed by atoms with Gasteiger partial charge in [-0.3, -0.25) is 33.3 Å². The highest BCUT2D eigenvalue weighted by atomic mass is 31.2. The van der Waals surface area contributed by atoms with Crippen molar-refractivity contribution in [2.24, 2.45) is 0 Å². The van der Waals surface area contributed by atoms with Gasteiger partial charge in [0.25, 0.3) is 0 Å². The Hall–Kier alpha value is -9.49. The summed E-state index contributed by atoms with van der Waals surface area (Å²) >= 11 is 0. The molecule has 2 N–H and O–H groups in total. The molecule has 9 atom stereocenters. The predicted octanol–water partition coefficient (Wildman–Crippen LogP) is 11.5. The topological polar surface area (TPSA) is 326 Å². The van der Waals surface area contributed by atoms with E-state index in [1.54, 1.807) is 11.7 Å². The van der Waals surface area contributed by atoms with Crippen LogP contribution in [0.25, 0.3) is 22.3 Å². The molecule has 0 saturated carbocycles. The summed E-state index contributed by atoms with van der Waals surface area (Å²) < 4.78 is 106. The Kier molecular flexibility index (Phi) is 23.5. The van der Waals surface area contributed by atoms with E-state index in [1.807, 2.05) is 119 Å². The molecule has 508 valence electrons. The number of carbonyl (C=O) groups excluding carboxylic acids is 4. The van der Waals surface area contributed by atoms with Gasteiger partial charge in [0, 0.05) is 0 Å². The summed E-state index contributed by atoms with van der Waals surface area (Å²) in [6, 6.07) is 26.5. The maximum absolute atomic E-state index is 16.3. The van der Waals surface area contributed by atoms with Crippen LogP contribution in [0.1, 0.15) is 49.9 Å². The summed E-state index contributed by atoms with van der Waals surface area (Å²) in [7, 11) is -6.63. The summed E-state index contributed by atoms with van der Waals surface area (Å²) in [5.41, 5.74) is 0.995. The zero-order valence-electron chi connectivity index (χ0n) is 53.7. The lowest BCUT2D eigenvalue weighted by Gasteiger charge is -2.41. The SMILES string of the molecule is C=CCOC(=O)Nc1ncnc2c1ncn2[C@@H]1O[C@H](COP(=O)(OCC=C)O[C@H]2[C@@H](O[Si](C)(C)C(C)(C)C)[C@H](n3cnc4c(NC(=O)OCC=C)ncnc43)O[C@@H]2COC(c2ccccc2)(c2ccccc2)c2ccc(OC)cc2)[C@@H](OC(=O)OCC=C)[C@H]1OC(=O)OCC=C. The number of nitrogens with zero attached hydrogens (tertiary/aromatic N) is 8. The highest BCUT2D eigenvalue weighted by Gasteiger charge is 2.57. The standard InChI is InChI=1S/C65H75N10O19PSi/c1-12-31-82-60(76)72-54-48-56(68-38-66-54)74(40-70-48)58-52(92-63(79)85-34-15-4)50(91-62(78)84-33-14-3)47(90-58)37-88-95(80,87-35-16-5)93-51-46(36-86-65(42-23-19-17-20-24-42,43-25-21-18-22-26-43)44-27-29-45(81-9)30-28-44)89-59(53(51)94-96(10,11)64(6,7)8)75-41-71-49-55(67-39-69-57(49)75)73-61(77)83-32-13-2/h12-30,38-41,46-47,50-53,58-59H,1-5,31-37H2,6-11H3,(H,66,68,72,76)(H,67,69,73,77)/t46-,47-,50-,51-,52-,53-,58-,59-,95?/m1/s1. The van der Waals surface area contributed by atoms with Crippen molar-refractivity contribution in [2.45, 2.75) is 93.6 Å². The molecule has 29 nitrogen and oxygen atoms in total. The van der Waals surface area contributed by atoms with Crippen molar-refractivity contribution in [1.29, 1.82) is 0 Å². The van der Waals surface area contributed by atoms with E-state index >= 15 is 4.57 Å². The minimum Gasteiger partial charge on any atom is -0.497 e. The van der Waals surface area contributed by atoms with Crippen LogP contribution in [0.5, 0.6) is 5.75 Å². The minimum atomic E-state index is -5.15. The van der Waals surface area contributed by atoms with Gasteiger partial charge >= 0.3 is 32.3 Å². The fourth-order valence-corrected chi connectivity index (χ4v) is 12.8. The van der Waals surface area contributed by atoms with Crippen molar-refractivity contribution in [1.82, 2.24) is 39.0 Å². The zero-order valence-corrected chi connectivity index (χ0v) is 55.6. The first-order chi connectivity index (χ1) is 46.2. The van der Waals surface area contributed by atoms with Crippen LogP contribution in [0.3, 0.4) is 0 Å². The van der Waals surface area contributed by atoms with E-state index in [-0.39, 0.29) is 67.0 Å². The van der Waals surface area contributed by atoms with E-state index in [0.717, 1.165) is 6.33 Å². The molecule has 1 unspecified atom stereocenters.